The third kappa shape index (κ3) is 4.99. The molecule has 5 heteroatoms. The van der Waals surface area contributed by atoms with Crippen LogP contribution in [0.2, 0.25) is 5.02 Å². The van der Waals surface area contributed by atoms with Crippen LogP contribution in [0.3, 0.4) is 0 Å². The average Bonchev–Trinajstić information content (AvgIpc) is 2.55. The van der Waals surface area contributed by atoms with Crippen molar-refractivity contribution >= 4 is 39.4 Å². The molecule has 3 nitrogen and oxygen atoms in total. The van der Waals surface area contributed by atoms with Crippen molar-refractivity contribution in [1.82, 2.24) is 0 Å². The van der Waals surface area contributed by atoms with Gasteiger partial charge in [-0.25, -0.2) is 0 Å². The second-order valence-corrected chi connectivity index (χ2v) is 6.59. The Balaban J connectivity index is 2.33. The zero-order valence-corrected chi connectivity index (χ0v) is 16.4. The van der Waals surface area contributed by atoms with Crippen molar-refractivity contribution < 1.29 is 9.47 Å². The van der Waals surface area contributed by atoms with Crippen LogP contribution in [-0.4, -0.2) is 19.4 Å². The van der Waals surface area contributed by atoms with Crippen molar-refractivity contribution in [2.45, 2.75) is 27.2 Å². The van der Waals surface area contributed by atoms with Crippen molar-refractivity contribution in [3.8, 4) is 11.5 Å². The van der Waals surface area contributed by atoms with E-state index in [2.05, 4.69) is 27.8 Å². The molecule has 0 aromatic heterocycles. The van der Waals surface area contributed by atoms with E-state index in [0.717, 1.165) is 33.5 Å². The van der Waals surface area contributed by atoms with Gasteiger partial charge in [0.05, 0.1) is 23.4 Å². The Morgan fingerprint density at radius 2 is 1.96 bits per heavy atom. The number of halogens is 2. The van der Waals surface area contributed by atoms with Gasteiger partial charge in [-0.05, 0) is 71.6 Å². The van der Waals surface area contributed by atoms with Crippen molar-refractivity contribution in [2.24, 2.45) is 4.99 Å². The minimum atomic E-state index is 0.572. The van der Waals surface area contributed by atoms with E-state index in [1.165, 1.54) is 0 Å². The van der Waals surface area contributed by atoms with Crippen molar-refractivity contribution in [1.29, 1.82) is 0 Å². The van der Waals surface area contributed by atoms with Crippen molar-refractivity contribution in [3.63, 3.8) is 0 Å². The van der Waals surface area contributed by atoms with Crippen LogP contribution in [0.4, 0.5) is 5.69 Å². The van der Waals surface area contributed by atoms with E-state index < -0.39 is 0 Å². The number of benzene rings is 2. The smallest absolute Gasteiger partial charge is 0.175 e. The first kappa shape index (κ1) is 18.8. The molecule has 0 heterocycles. The lowest BCUT2D eigenvalue weighted by Crippen LogP contribution is -2.01. The summed E-state index contributed by atoms with van der Waals surface area (Å²) < 4.78 is 12.4. The Morgan fingerprint density at radius 1 is 1.17 bits per heavy atom. The zero-order chi connectivity index (χ0) is 17.5. The molecular formula is C19H21BrClNO2. The number of ether oxygens (including phenoxy) is 2. The molecule has 128 valence electrons. The molecule has 2 aromatic rings. The van der Waals surface area contributed by atoms with E-state index >= 15 is 0 Å². The van der Waals surface area contributed by atoms with Gasteiger partial charge in [0.15, 0.2) is 11.5 Å². The Kier molecular flexibility index (Phi) is 7.13. The number of hydrogen-bond acceptors (Lipinski definition) is 3. The highest BCUT2D eigenvalue weighted by molar-refractivity contribution is 9.10. The van der Waals surface area contributed by atoms with Gasteiger partial charge in [0.1, 0.15) is 0 Å². The Labute approximate surface area is 156 Å². The molecule has 0 amide bonds. The fourth-order valence-corrected chi connectivity index (χ4v) is 2.88. The minimum Gasteiger partial charge on any atom is -0.490 e. The molecule has 0 unspecified atom stereocenters. The van der Waals surface area contributed by atoms with E-state index in [0.29, 0.717) is 24.0 Å². The van der Waals surface area contributed by atoms with Crippen LogP contribution in [-0.2, 0) is 0 Å². The summed E-state index contributed by atoms with van der Waals surface area (Å²) in [5.74, 6) is 1.44. The SMILES string of the molecule is CCCOc1c(Br)cc(C=Nc2cc(Cl)ccc2C)cc1OCC. The van der Waals surface area contributed by atoms with E-state index in [1.54, 1.807) is 6.21 Å². The number of nitrogens with zero attached hydrogens (tertiary/aromatic N) is 1. The Morgan fingerprint density at radius 3 is 2.67 bits per heavy atom. The van der Waals surface area contributed by atoms with E-state index in [4.69, 9.17) is 21.1 Å². The molecule has 0 radical (unpaired) electrons. The lowest BCUT2D eigenvalue weighted by Gasteiger charge is -2.14. The highest BCUT2D eigenvalue weighted by Gasteiger charge is 2.11. The van der Waals surface area contributed by atoms with Gasteiger partial charge in [0.2, 0.25) is 0 Å². The Hall–Kier alpha value is -1.52. The first-order valence-corrected chi connectivity index (χ1v) is 9.11. The van der Waals surface area contributed by atoms with Crippen LogP contribution in [0.15, 0.2) is 39.8 Å². The molecule has 0 spiro atoms. The molecule has 0 aliphatic rings. The van der Waals surface area contributed by atoms with Gasteiger partial charge in [0, 0.05) is 11.2 Å². The van der Waals surface area contributed by atoms with E-state index in [-0.39, 0.29) is 0 Å². The fraction of sp³-hybridized carbons (Fsp3) is 0.316. The lowest BCUT2D eigenvalue weighted by molar-refractivity contribution is 0.275. The summed E-state index contributed by atoms with van der Waals surface area (Å²) in [7, 11) is 0. The van der Waals surface area contributed by atoms with Crippen LogP contribution in [0, 0.1) is 6.92 Å². The number of hydrogen-bond donors (Lipinski definition) is 0. The highest BCUT2D eigenvalue weighted by Crippen LogP contribution is 2.37. The van der Waals surface area contributed by atoms with Crippen molar-refractivity contribution in [3.05, 3.63) is 51.0 Å². The number of rotatable bonds is 7. The molecule has 0 saturated heterocycles. The van der Waals surface area contributed by atoms with Crippen LogP contribution in [0.25, 0.3) is 0 Å². The molecule has 2 aromatic carbocycles. The van der Waals surface area contributed by atoms with Crippen LogP contribution >= 0.6 is 27.5 Å². The van der Waals surface area contributed by atoms with Crippen molar-refractivity contribution in [2.75, 3.05) is 13.2 Å². The van der Waals surface area contributed by atoms with E-state index in [9.17, 15) is 0 Å². The lowest BCUT2D eigenvalue weighted by atomic mass is 10.2. The number of aliphatic imine (C=N–C) groups is 1. The standard InChI is InChI=1S/C19H21BrClNO2/c1-4-8-24-19-16(20)9-14(10-18(19)23-5-2)12-22-17-11-15(21)7-6-13(17)3/h6-7,9-12H,4-5,8H2,1-3H3. The fourth-order valence-electron chi connectivity index (χ4n) is 2.14. The van der Waals surface area contributed by atoms with Crippen LogP contribution < -0.4 is 9.47 Å². The predicted molar refractivity (Wildman–Crippen MR) is 105 cm³/mol. The van der Waals surface area contributed by atoms with Gasteiger partial charge in [-0.1, -0.05) is 24.6 Å². The first-order valence-electron chi connectivity index (χ1n) is 7.94. The third-order valence-corrected chi connectivity index (χ3v) is 4.13. The highest BCUT2D eigenvalue weighted by atomic mass is 79.9. The average molecular weight is 411 g/mol. The van der Waals surface area contributed by atoms with Gasteiger partial charge in [0.25, 0.3) is 0 Å². The third-order valence-electron chi connectivity index (χ3n) is 3.31. The maximum absolute atomic E-state index is 6.04. The monoisotopic (exact) mass is 409 g/mol. The molecule has 0 atom stereocenters. The molecule has 0 aliphatic carbocycles. The van der Waals surface area contributed by atoms with Gasteiger partial charge < -0.3 is 9.47 Å². The molecular weight excluding hydrogens is 390 g/mol. The predicted octanol–water partition coefficient (Wildman–Crippen LogP) is 6.35. The summed E-state index contributed by atoms with van der Waals surface area (Å²) in [6.07, 6.45) is 2.74. The topological polar surface area (TPSA) is 30.8 Å². The summed E-state index contributed by atoms with van der Waals surface area (Å²) >= 11 is 9.60. The maximum atomic E-state index is 6.04. The molecule has 0 bridgehead atoms. The maximum Gasteiger partial charge on any atom is 0.175 e. The molecule has 0 fully saturated rings. The molecule has 0 aliphatic heterocycles. The largest absolute Gasteiger partial charge is 0.490 e. The summed E-state index contributed by atoms with van der Waals surface area (Å²) in [6.45, 7) is 7.25. The zero-order valence-electron chi connectivity index (χ0n) is 14.1. The molecule has 24 heavy (non-hydrogen) atoms. The molecule has 0 N–H and O–H groups in total. The second-order valence-electron chi connectivity index (χ2n) is 5.30. The summed E-state index contributed by atoms with van der Waals surface area (Å²) in [4.78, 5) is 4.54. The normalized spacial score (nSPS) is 11.0. The summed E-state index contributed by atoms with van der Waals surface area (Å²) in [5, 5.41) is 0.673. The minimum absolute atomic E-state index is 0.572. The van der Waals surface area contributed by atoms with Gasteiger partial charge in [-0.15, -0.1) is 0 Å². The molecule has 0 saturated carbocycles. The second kappa shape index (κ2) is 9.09. The van der Waals surface area contributed by atoms with E-state index in [1.807, 2.05) is 44.2 Å². The Bertz CT molecular complexity index is 732. The quantitative estimate of drug-likeness (QED) is 0.498. The van der Waals surface area contributed by atoms with Gasteiger partial charge >= 0.3 is 0 Å². The first-order chi connectivity index (χ1) is 11.5. The number of aryl methyl sites for hydroxylation is 1. The van der Waals surface area contributed by atoms with Gasteiger partial charge in [-0.3, -0.25) is 4.99 Å². The van der Waals surface area contributed by atoms with Crippen LogP contribution in [0.5, 0.6) is 11.5 Å². The summed E-state index contributed by atoms with van der Waals surface area (Å²) in [6, 6.07) is 9.57. The molecule has 2 rings (SSSR count). The van der Waals surface area contributed by atoms with Gasteiger partial charge in [-0.2, -0.15) is 0 Å². The summed E-state index contributed by atoms with van der Waals surface area (Å²) in [5.41, 5.74) is 2.85. The van der Waals surface area contributed by atoms with Crippen LogP contribution in [0.1, 0.15) is 31.4 Å².